The van der Waals surface area contributed by atoms with Crippen LogP contribution in [0.4, 0.5) is 5.69 Å². The maximum atomic E-state index is 11.1. The summed E-state index contributed by atoms with van der Waals surface area (Å²) in [6, 6.07) is 6.69. The Balaban J connectivity index is 1.75. The van der Waals surface area contributed by atoms with Crippen LogP contribution in [0.25, 0.3) is 6.08 Å². The average molecular weight is 434 g/mol. The minimum Gasteiger partial charge on any atom is -0.384 e. The maximum absolute atomic E-state index is 11.1. The number of aliphatic hydroxyl groups excluding tert-OH is 1. The number of rotatable bonds is 8. The van der Waals surface area contributed by atoms with E-state index in [4.69, 9.17) is 0 Å². The van der Waals surface area contributed by atoms with E-state index in [1.807, 2.05) is 0 Å². The van der Waals surface area contributed by atoms with Crippen LogP contribution in [-0.4, -0.2) is 24.3 Å². The summed E-state index contributed by atoms with van der Waals surface area (Å²) in [5.74, 6) is 1.44. The van der Waals surface area contributed by atoms with Gasteiger partial charge in [-0.05, 0) is 98.8 Å². The largest absolute Gasteiger partial charge is 0.384 e. The number of anilines is 1. The lowest BCUT2D eigenvalue weighted by Crippen LogP contribution is -2.21. The van der Waals surface area contributed by atoms with Gasteiger partial charge in [-0.25, -0.2) is 0 Å². The maximum Gasteiger partial charge on any atom is 0.0967 e. The number of aliphatic hydroxyl groups is 1. The Morgan fingerprint density at radius 3 is 2.22 bits per heavy atom. The van der Waals surface area contributed by atoms with Crippen molar-refractivity contribution in [3.05, 3.63) is 69.8 Å². The van der Waals surface area contributed by atoms with Crippen LogP contribution in [0.2, 0.25) is 0 Å². The number of allylic oxidation sites excluding steroid dienone is 5. The van der Waals surface area contributed by atoms with Crippen molar-refractivity contribution in [2.75, 3.05) is 18.0 Å². The van der Waals surface area contributed by atoms with Crippen LogP contribution in [-0.2, 0) is 0 Å². The van der Waals surface area contributed by atoms with Crippen molar-refractivity contribution in [1.82, 2.24) is 0 Å². The normalized spacial score (nSPS) is 23.8. The Hall–Kier alpha value is -2.06. The highest BCUT2D eigenvalue weighted by Gasteiger charge is 2.25. The van der Waals surface area contributed by atoms with Crippen molar-refractivity contribution < 1.29 is 5.11 Å². The molecule has 2 nitrogen and oxygen atoms in total. The third-order valence-corrected chi connectivity index (χ3v) is 7.68. The summed E-state index contributed by atoms with van der Waals surface area (Å²) in [7, 11) is 0. The number of benzene rings is 1. The molecular weight excluding hydrogens is 390 g/mol. The fraction of sp³-hybridized carbons (Fsp3) is 0.533. The van der Waals surface area contributed by atoms with E-state index in [9.17, 15) is 5.11 Å². The molecule has 1 fully saturated rings. The van der Waals surface area contributed by atoms with Crippen LogP contribution < -0.4 is 4.90 Å². The van der Waals surface area contributed by atoms with Gasteiger partial charge < -0.3 is 10.0 Å². The molecule has 174 valence electrons. The van der Waals surface area contributed by atoms with Crippen LogP contribution in [0.3, 0.4) is 0 Å². The predicted molar refractivity (Wildman–Crippen MR) is 140 cm³/mol. The first-order valence-corrected chi connectivity index (χ1v) is 12.7. The molecule has 0 aromatic heterocycles. The molecule has 3 rings (SSSR count). The van der Waals surface area contributed by atoms with Crippen LogP contribution in [0, 0.1) is 18.8 Å². The summed E-state index contributed by atoms with van der Waals surface area (Å²) in [4.78, 5) is 2.37. The standard InChI is InChI=1S/C30H43NO/c1-7-23(8-2)26-12-11-24(21(5)17-26)19-27-13-14-28(30(27)32)20-25-15-16-29(18-22(25)6)31(9-3)10-4/h11-12,15-16,18-20,23,26,30,32H,7-10,13-14,17H2,1-6H3/b27-19+,28-20+. The minimum absolute atomic E-state index is 0.456. The molecule has 1 aromatic rings. The van der Waals surface area contributed by atoms with E-state index < -0.39 is 6.10 Å². The first kappa shape index (κ1) is 24.6. The monoisotopic (exact) mass is 433 g/mol. The highest BCUT2D eigenvalue weighted by Crippen LogP contribution is 2.37. The minimum atomic E-state index is -0.456. The lowest BCUT2D eigenvalue weighted by atomic mass is 9.79. The van der Waals surface area contributed by atoms with Gasteiger partial charge in [0.05, 0.1) is 6.10 Å². The molecule has 2 unspecified atom stereocenters. The van der Waals surface area contributed by atoms with Crippen LogP contribution in [0.15, 0.2) is 58.7 Å². The lowest BCUT2D eigenvalue weighted by molar-refractivity contribution is 0.256. The van der Waals surface area contributed by atoms with E-state index in [1.165, 1.54) is 40.8 Å². The Bertz CT molecular complexity index is 909. The van der Waals surface area contributed by atoms with Crippen LogP contribution in [0.1, 0.15) is 77.8 Å². The number of hydrogen-bond donors (Lipinski definition) is 1. The molecule has 0 bridgehead atoms. The van der Waals surface area contributed by atoms with Gasteiger partial charge in [-0.1, -0.05) is 62.6 Å². The smallest absolute Gasteiger partial charge is 0.0967 e. The third kappa shape index (κ3) is 5.46. The van der Waals surface area contributed by atoms with Gasteiger partial charge in [0.15, 0.2) is 0 Å². The second-order valence-electron chi connectivity index (χ2n) is 9.59. The van der Waals surface area contributed by atoms with Gasteiger partial charge >= 0.3 is 0 Å². The van der Waals surface area contributed by atoms with Crippen molar-refractivity contribution in [3.8, 4) is 0 Å². The summed E-state index contributed by atoms with van der Waals surface area (Å²) in [6.07, 6.45) is 14.3. The topological polar surface area (TPSA) is 23.5 Å². The zero-order valence-electron chi connectivity index (χ0n) is 21.1. The second kappa shape index (κ2) is 11.2. The summed E-state index contributed by atoms with van der Waals surface area (Å²) >= 11 is 0. The van der Waals surface area contributed by atoms with Gasteiger partial charge in [0.1, 0.15) is 0 Å². The molecule has 0 amide bonds. The van der Waals surface area contributed by atoms with E-state index in [0.717, 1.165) is 49.4 Å². The van der Waals surface area contributed by atoms with E-state index in [-0.39, 0.29) is 0 Å². The highest BCUT2D eigenvalue weighted by atomic mass is 16.3. The van der Waals surface area contributed by atoms with Crippen molar-refractivity contribution in [2.45, 2.75) is 79.8 Å². The molecule has 32 heavy (non-hydrogen) atoms. The van der Waals surface area contributed by atoms with Crippen molar-refractivity contribution in [3.63, 3.8) is 0 Å². The van der Waals surface area contributed by atoms with Crippen molar-refractivity contribution >= 4 is 11.8 Å². The molecular formula is C30H43NO. The molecule has 2 heteroatoms. The first-order chi connectivity index (χ1) is 15.4. The Labute approximate surface area is 196 Å². The van der Waals surface area contributed by atoms with Crippen molar-refractivity contribution in [2.24, 2.45) is 11.8 Å². The predicted octanol–water partition coefficient (Wildman–Crippen LogP) is 7.63. The number of hydrogen-bond acceptors (Lipinski definition) is 2. The fourth-order valence-corrected chi connectivity index (χ4v) is 5.41. The van der Waals surface area contributed by atoms with Crippen LogP contribution in [0.5, 0.6) is 0 Å². The average Bonchev–Trinajstić information content (AvgIpc) is 3.12. The van der Waals surface area contributed by atoms with E-state index in [0.29, 0.717) is 5.92 Å². The zero-order valence-corrected chi connectivity index (χ0v) is 21.1. The summed E-state index contributed by atoms with van der Waals surface area (Å²) in [6.45, 7) is 15.5. The summed E-state index contributed by atoms with van der Waals surface area (Å²) < 4.78 is 0. The highest BCUT2D eigenvalue weighted by molar-refractivity contribution is 5.64. The molecule has 2 atom stereocenters. The fourth-order valence-electron chi connectivity index (χ4n) is 5.41. The number of nitrogens with zero attached hydrogens (tertiary/aromatic N) is 1. The zero-order chi connectivity index (χ0) is 23.3. The van der Waals surface area contributed by atoms with Crippen LogP contribution >= 0.6 is 0 Å². The Morgan fingerprint density at radius 2 is 1.66 bits per heavy atom. The molecule has 2 aliphatic rings. The third-order valence-electron chi connectivity index (χ3n) is 7.68. The SMILES string of the molecule is CCC(CC)C1C=CC(/C=C2\CC/C(=C\c3ccc(N(CC)CC)cc3C)C2O)=C(C)C1. The molecule has 1 N–H and O–H groups in total. The Kier molecular flexibility index (Phi) is 8.59. The molecule has 0 aliphatic heterocycles. The molecule has 1 saturated carbocycles. The Morgan fingerprint density at radius 1 is 1.00 bits per heavy atom. The second-order valence-corrected chi connectivity index (χ2v) is 9.59. The van der Waals surface area contributed by atoms with E-state index in [2.05, 4.69) is 88.9 Å². The van der Waals surface area contributed by atoms with Gasteiger partial charge in [0.25, 0.3) is 0 Å². The van der Waals surface area contributed by atoms with Gasteiger partial charge in [-0.15, -0.1) is 0 Å². The molecule has 1 aromatic carbocycles. The number of aryl methyl sites for hydroxylation is 1. The molecule has 0 saturated heterocycles. The molecule has 0 heterocycles. The molecule has 2 aliphatic carbocycles. The molecule has 0 spiro atoms. The van der Waals surface area contributed by atoms with Gasteiger partial charge in [-0.2, -0.15) is 0 Å². The van der Waals surface area contributed by atoms with Gasteiger partial charge in [0.2, 0.25) is 0 Å². The van der Waals surface area contributed by atoms with E-state index in [1.54, 1.807) is 0 Å². The van der Waals surface area contributed by atoms with Gasteiger partial charge in [-0.3, -0.25) is 0 Å². The van der Waals surface area contributed by atoms with Gasteiger partial charge in [0, 0.05) is 18.8 Å². The first-order valence-electron chi connectivity index (χ1n) is 12.7. The quantitative estimate of drug-likeness (QED) is 0.455. The molecule has 0 radical (unpaired) electrons. The summed E-state index contributed by atoms with van der Waals surface area (Å²) in [5, 5.41) is 11.1. The summed E-state index contributed by atoms with van der Waals surface area (Å²) in [5.41, 5.74) is 8.84. The van der Waals surface area contributed by atoms with Crippen molar-refractivity contribution in [1.29, 1.82) is 0 Å². The lowest BCUT2D eigenvalue weighted by Gasteiger charge is -2.26. The van der Waals surface area contributed by atoms with E-state index >= 15 is 0 Å².